The number of benzene rings is 3. The van der Waals surface area contributed by atoms with Crippen LogP contribution in [-0.4, -0.2) is 24.5 Å². The first kappa shape index (κ1) is 25.9. The van der Waals surface area contributed by atoms with Crippen LogP contribution in [0.5, 0.6) is 5.75 Å². The maximum atomic E-state index is 13.3. The molecule has 1 saturated heterocycles. The molecule has 36 heavy (non-hydrogen) atoms. The molecule has 9 heteroatoms. The number of nitrogens with zero attached hydrogens (tertiary/aromatic N) is 1. The Bertz CT molecular complexity index is 1420. The Morgan fingerprint density at radius 1 is 1.03 bits per heavy atom. The van der Waals surface area contributed by atoms with Gasteiger partial charge in [0.2, 0.25) is 0 Å². The van der Waals surface area contributed by atoms with Crippen molar-refractivity contribution in [2.24, 2.45) is 0 Å². The van der Waals surface area contributed by atoms with E-state index in [1.54, 1.807) is 37.3 Å². The lowest BCUT2D eigenvalue weighted by Crippen LogP contribution is -2.54. The number of urea groups is 1. The van der Waals surface area contributed by atoms with E-state index in [0.717, 1.165) is 20.5 Å². The summed E-state index contributed by atoms with van der Waals surface area (Å²) in [7, 11) is 0. The fourth-order valence-electron chi connectivity index (χ4n) is 3.88. The average Bonchev–Trinajstić information content (AvgIpc) is 2.83. The van der Waals surface area contributed by atoms with Crippen LogP contribution in [0.4, 0.5) is 10.5 Å². The lowest BCUT2D eigenvalue weighted by molar-refractivity contribution is -0.122. The molecule has 184 valence electrons. The molecule has 1 aliphatic rings. The summed E-state index contributed by atoms with van der Waals surface area (Å²) in [5.74, 6) is -0.945. The van der Waals surface area contributed by atoms with E-state index >= 15 is 0 Å². The molecule has 1 N–H and O–H groups in total. The number of carbonyl (C=O) groups is 3. The number of barbiturate groups is 1. The van der Waals surface area contributed by atoms with Crippen molar-refractivity contribution < 1.29 is 19.1 Å². The summed E-state index contributed by atoms with van der Waals surface area (Å²) < 4.78 is 6.61. The lowest BCUT2D eigenvalue weighted by Gasteiger charge is -2.27. The second-order valence-electron chi connectivity index (χ2n) is 8.02. The van der Waals surface area contributed by atoms with Crippen molar-refractivity contribution in [3.05, 3.63) is 96.9 Å². The van der Waals surface area contributed by atoms with Gasteiger partial charge < -0.3 is 4.74 Å². The molecule has 0 atom stereocenters. The third kappa shape index (κ3) is 5.19. The average molecular weight is 588 g/mol. The van der Waals surface area contributed by atoms with Crippen molar-refractivity contribution in [2.75, 3.05) is 11.5 Å². The Hall–Kier alpha value is -3.13. The normalized spacial score (nSPS) is 14.9. The molecule has 4 rings (SSSR count). The second-order valence-corrected chi connectivity index (χ2v) is 9.69. The number of rotatable bonds is 6. The van der Waals surface area contributed by atoms with E-state index in [-0.39, 0.29) is 5.57 Å². The van der Waals surface area contributed by atoms with E-state index < -0.39 is 17.8 Å². The van der Waals surface area contributed by atoms with Crippen LogP contribution in [0.1, 0.15) is 29.2 Å². The monoisotopic (exact) mass is 586 g/mol. The summed E-state index contributed by atoms with van der Waals surface area (Å²) in [6, 6.07) is 15.1. The highest BCUT2D eigenvalue weighted by Crippen LogP contribution is 2.35. The van der Waals surface area contributed by atoms with Crippen LogP contribution in [-0.2, 0) is 16.0 Å². The number of amides is 4. The summed E-state index contributed by atoms with van der Waals surface area (Å²) in [5, 5.41) is 3.28. The van der Waals surface area contributed by atoms with E-state index in [1.165, 1.54) is 6.08 Å². The van der Waals surface area contributed by atoms with Gasteiger partial charge in [0.25, 0.3) is 11.8 Å². The third-order valence-corrected chi connectivity index (χ3v) is 7.18. The summed E-state index contributed by atoms with van der Waals surface area (Å²) in [5.41, 5.74) is 3.00. The SMILES string of the molecule is CCOc1cc(/C=C2\C(=O)NC(=O)N(c3cccc(Cl)c3C)C2=O)cc(Br)c1Cc1ccccc1Cl. The van der Waals surface area contributed by atoms with Gasteiger partial charge in [0.05, 0.1) is 12.3 Å². The minimum Gasteiger partial charge on any atom is -0.494 e. The Morgan fingerprint density at radius 2 is 1.75 bits per heavy atom. The molecule has 0 aromatic heterocycles. The fraction of sp³-hybridized carbons (Fsp3) is 0.148. The molecule has 1 aliphatic heterocycles. The smallest absolute Gasteiger partial charge is 0.335 e. The summed E-state index contributed by atoms with van der Waals surface area (Å²) in [6.45, 7) is 3.98. The van der Waals surface area contributed by atoms with Crippen molar-refractivity contribution in [3.8, 4) is 5.75 Å². The Morgan fingerprint density at radius 3 is 2.47 bits per heavy atom. The number of hydrogen-bond acceptors (Lipinski definition) is 4. The zero-order valence-electron chi connectivity index (χ0n) is 19.4. The quantitative estimate of drug-likeness (QED) is 0.256. The minimum absolute atomic E-state index is 0.192. The Balaban J connectivity index is 1.75. The molecule has 1 heterocycles. The van der Waals surface area contributed by atoms with Gasteiger partial charge in [0.1, 0.15) is 11.3 Å². The first-order chi connectivity index (χ1) is 17.2. The van der Waals surface area contributed by atoms with E-state index in [9.17, 15) is 14.4 Å². The van der Waals surface area contributed by atoms with Crippen LogP contribution >= 0.6 is 39.1 Å². The maximum Gasteiger partial charge on any atom is 0.335 e. The van der Waals surface area contributed by atoms with Gasteiger partial charge in [-0.3, -0.25) is 14.9 Å². The van der Waals surface area contributed by atoms with Gasteiger partial charge in [-0.25, -0.2) is 9.69 Å². The molecule has 0 unspecified atom stereocenters. The van der Waals surface area contributed by atoms with Crippen LogP contribution in [0.3, 0.4) is 0 Å². The molecule has 6 nitrogen and oxygen atoms in total. The number of carbonyl (C=O) groups excluding carboxylic acids is 3. The molecule has 0 radical (unpaired) electrons. The molecule has 0 bridgehead atoms. The molecule has 0 spiro atoms. The standard InChI is InChI=1S/C27H21BrCl2N2O4/c1-3-36-24-13-16(12-20(28)18(24)14-17-7-4-5-8-22(17)30)11-19-25(33)31-27(35)32(26(19)34)23-10-6-9-21(29)15(23)2/h4-13H,3,14H2,1-2H3,(H,31,33,35)/b19-11+. The predicted octanol–water partition coefficient (Wildman–Crippen LogP) is 6.72. The maximum absolute atomic E-state index is 13.3. The summed E-state index contributed by atoms with van der Waals surface area (Å²) in [6.07, 6.45) is 1.95. The zero-order valence-corrected chi connectivity index (χ0v) is 22.5. The fourth-order valence-corrected chi connectivity index (χ4v) is 4.86. The van der Waals surface area contributed by atoms with Gasteiger partial charge in [-0.15, -0.1) is 0 Å². The predicted molar refractivity (Wildman–Crippen MR) is 145 cm³/mol. The molecular formula is C27H21BrCl2N2O4. The van der Waals surface area contributed by atoms with Gasteiger partial charge in [-0.1, -0.05) is 63.4 Å². The molecule has 3 aromatic rings. The molecular weight excluding hydrogens is 567 g/mol. The first-order valence-corrected chi connectivity index (χ1v) is 12.6. The topological polar surface area (TPSA) is 75.7 Å². The number of hydrogen-bond donors (Lipinski definition) is 1. The van der Waals surface area contributed by atoms with Crippen LogP contribution in [0, 0.1) is 6.92 Å². The number of nitrogens with one attached hydrogen (secondary N) is 1. The number of halogens is 3. The first-order valence-electron chi connectivity index (χ1n) is 11.1. The Kier molecular flexibility index (Phi) is 7.83. The van der Waals surface area contributed by atoms with Gasteiger partial charge in [0, 0.05) is 26.5 Å². The lowest BCUT2D eigenvalue weighted by atomic mass is 10.00. The summed E-state index contributed by atoms with van der Waals surface area (Å²) >= 11 is 16.2. The number of anilines is 1. The highest BCUT2D eigenvalue weighted by molar-refractivity contribution is 9.10. The minimum atomic E-state index is -0.834. The van der Waals surface area contributed by atoms with Crippen molar-refractivity contribution in [1.29, 1.82) is 0 Å². The van der Waals surface area contributed by atoms with Gasteiger partial charge in [0.15, 0.2) is 0 Å². The molecule has 0 aliphatic carbocycles. The molecule has 0 saturated carbocycles. The van der Waals surface area contributed by atoms with E-state index in [1.807, 2.05) is 31.2 Å². The molecule has 3 aromatic carbocycles. The number of imide groups is 2. The van der Waals surface area contributed by atoms with E-state index in [4.69, 9.17) is 27.9 Å². The van der Waals surface area contributed by atoms with Gasteiger partial charge in [-0.2, -0.15) is 0 Å². The highest BCUT2D eigenvalue weighted by Gasteiger charge is 2.37. The Labute approximate surface area is 227 Å². The van der Waals surface area contributed by atoms with E-state index in [0.29, 0.717) is 45.6 Å². The van der Waals surface area contributed by atoms with Crippen LogP contribution in [0.15, 0.2) is 64.6 Å². The van der Waals surface area contributed by atoms with Crippen LogP contribution in [0.2, 0.25) is 10.0 Å². The van der Waals surface area contributed by atoms with Gasteiger partial charge >= 0.3 is 6.03 Å². The van der Waals surface area contributed by atoms with Crippen molar-refractivity contribution in [1.82, 2.24) is 5.32 Å². The summed E-state index contributed by atoms with van der Waals surface area (Å²) in [4.78, 5) is 39.5. The van der Waals surface area contributed by atoms with Crippen molar-refractivity contribution in [2.45, 2.75) is 20.3 Å². The van der Waals surface area contributed by atoms with Gasteiger partial charge in [-0.05, 0) is 66.9 Å². The van der Waals surface area contributed by atoms with Crippen molar-refractivity contribution in [3.63, 3.8) is 0 Å². The largest absolute Gasteiger partial charge is 0.494 e. The van der Waals surface area contributed by atoms with E-state index in [2.05, 4.69) is 21.2 Å². The second kappa shape index (κ2) is 10.9. The third-order valence-electron chi connectivity index (χ3n) is 5.69. The highest BCUT2D eigenvalue weighted by atomic mass is 79.9. The van der Waals surface area contributed by atoms with Crippen LogP contribution < -0.4 is 15.0 Å². The molecule has 1 fully saturated rings. The van der Waals surface area contributed by atoms with Crippen LogP contribution in [0.25, 0.3) is 6.08 Å². The number of ether oxygens (including phenoxy) is 1. The molecule has 4 amide bonds. The zero-order chi connectivity index (χ0) is 26.0. The van der Waals surface area contributed by atoms with Crippen molar-refractivity contribution >= 4 is 68.7 Å².